The molecule has 0 atom stereocenters. The number of anilines is 1. The number of hydrogen-bond acceptors (Lipinski definition) is 4. The first kappa shape index (κ1) is 21.4. The molecular weight excluding hydrogens is 356 g/mol. The number of aldehydes is 1. The van der Waals surface area contributed by atoms with Gasteiger partial charge in [0, 0.05) is 43.5 Å². The number of carbonyl (C=O) groups excluding carboxylic acids is 3. The SMILES string of the molecule is CCN(CC)CCNC(=O)c1ccc(NC(=O)CCn2cccc2C=O)cc1. The van der Waals surface area contributed by atoms with Crippen LogP contribution in [-0.2, 0) is 11.3 Å². The van der Waals surface area contributed by atoms with E-state index in [-0.39, 0.29) is 18.2 Å². The summed E-state index contributed by atoms with van der Waals surface area (Å²) in [5.74, 6) is -0.277. The summed E-state index contributed by atoms with van der Waals surface area (Å²) >= 11 is 0. The first-order valence-corrected chi connectivity index (χ1v) is 9.58. The fourth-order valence-corrected chi connectivity index (χ4v) is 2.86. The van der Waals surface area contributed by atoms with Crippen molar-refractivity contribution in [2.24, 2.45) is 0 Å². The maximum atomic E-state index is 12.2. The number of nitrogens with zero attached hydrogens (tertiary/aromatic N) is 2. The van der Waals surface area contributed by atoms with E-state index in [1.807, 2.05) is 0 Å². The number of amides is 2. The van der Waals surface area contributed by atoms with Crippen molar-refractivity contribution in [3.63, 3.8) is 0 Å². The van der Waals surface area contributed by atoms with Crippen LogP contribution in [-0.4, -0.2) is 53.7 Å². The molecule has 7 nitrogen and oxygen atoms in total. The molecule has 0 saturated heterocycles. The lowest BCUT2D eigenvalue weighted by Crippen LogP contribution is -2.34. The molecule has 0 aliphatic carbocycles. The summed E-state index contributed by atoms with van der Waals surface area (Å²) in [4.78, 5) is 37.4. The van der Waals surface area contributed by atoms with E-state index in [1.165, 1.54) is 0 Å². The Morgan fingerprint density at radius 1 is 1.11 bits per heavy atom. The molecule has 2 rings (SSSR count). The van der Waals surface area contributed by atoms with E-state index in [9.17, 15) is 14.4 Å². The van der Waals surface area contributed by atoms with Gasteiger partial charge in [0.2, 0.25) is 5.91 Å². The van der Waals surface area contributed by atoms with Gasteiger partial charge in [-0.25, -0.2) is 0 Å². The third-order valence-electron chi connectivity index (χ3n) is 4.60. The van der Waals surface area contributed by atoms with Crippen LogP contribution in [0.5, 0.6) is 0 Å². The van der Waals surface area contributed by atoms with Crippen molar-refractivity contribution in [3.8, 4) is 0 Å². The average Bonchev–Trinajstić information content (AvgIpc) is 3.17. The number of aryl methyl sites for hydroxylation is 1. The zero-order valence-corrected chi connectivity index (χ0v) is 16.5. The van der Waals surface area contributed by atoms with Gasteiger partial charge in [-0.3, -0.25) is 14.4 Å². The third kappa shape index (κ3) is 6.35. The number of benzene rings is 1. The highest BCUT2D eigenvalue weighted by molar-refractivity contribution is 5.95. The Kier molecular flexibility index (Phi) is 8.42. The van der Waals surface area contributed by atoms with Crippen LogP contribution in [0.15, 0.2) is 42.6 Å². The number of nitrogens with one attached hydrogen (secondary N) is 2. The molecule has 150 valence electrons. The van der Waals surface area contributed by atoms with E-state index in [1.54, 1.807) is 47.2 Å². The van der Waals surface area contributed by atoms with Crippen LogP contribution in [0, 0.1) is 0 Å². The number of carbonyl (C=O) groups is 3. The topological polar surface area (TPSA) is 83.4 Å². The van der Waals surface area contributed by atoms with Crippen molar-refractivity contribution in [2.75, 3.05) is 31.5 Å². The molecule has 0 aliphatic heterocycles. The summed E-state index contributed by atoms with van der Waals surface area (Å²) in [5.41, 5.74) is 1.73. The predicted molar refractivity (Wildman–Crippen MR) is 110 cm³/mol. The molecule has 0 fully saturated rings. The van der Waals surface area contributed by atoms with Crippen LogP contribution >= 0.6 is 0 Å². The van der Waals surface area contributed by atoms with Gasteiger partial charge in [-0.15, -0.1) is 0 Å². The minimum atomic E-state index is -0.151. The molecule has 0 aliphatic rings. The van der Waals surface area contributed by atoms with E-state index in [0.717, 1.165) is 25.9 Å². The Balaban J connectivity index is 1.79. The van der Waals surface area contributed by atoms with Crippen molar-refractivity contribution in [1.29, 1.82) is 0 Å². The van der Waals surface area contributed by atoms with Gasteiger partial charge in [-0.05, 0) is 49.5 Å². The maximum absolute atomic E-state index is 12.2. The molecule has 0 spiro atoms. The molecule has 1 aromatic heterocycles. The maximum Gasteiger partial charge on any atom is 0.251 e. The Labute approximate surface area is 165 Å². The van der Waals surface area contributed by atoms with Crippen LogP contribution < -0.4 is 10.6 Å². The van der Waals surface area contributed by atoms with Gasteiger partial charge in [-0.1, -0.05) is 13.8 Å². The highest BCUT2D eigenvalue weighted by atomic mass is 16.2. The highest BCUT2D eigenvalue weighted by Gasteiger charge is 2.08. The molecule has 1 aromatic carbocycles. The average molecular weight is 384 g/mol. The number of likely N-dealkylation sites (N-methyl/N-ethyl adjacent to an activating group) is 1. The van der Waals surface area contributed by atoms with Gasteiger partial charge in [0.25, 0.3) is 5.91 Å². The second-order valence-electron chi connectivity index (χ2n) is 6.40. The van der Waals surface area contributed by atoms with Gasteiger partial charge in [0.05, 0.1) is 5.69 Å². The van der Waals surface area contributed by atoms with Crippen molar-refractivity contribution in [2.45, 2.75) is 26.8 Å². The van der Waals surface area contributed by atoms with Crippen LogP contribution in [0.25, 0.3) is 0 Å². The zero-order chi connectivity index (χ0) is 20.4. The predicted octanol–water partition coefficient (Wildman–Crippen LogP) is 2.40. The molecule has 28 heavy (non-hydrogen) atoms. The first-order chi connectivity index (χ1) is 13.6. The van der Waals surface area contributed by atoms with Gasteiger partial charge in [0.1, 0.15) is 0 Å². The smallest absolute Gasteiger partial charge is 0.251 e. The highest BCUT2D eigenvalue weighted by Crippen LogP contribution is 2.10. The number of hydrogen-bond donors (Lipinski definition) is 2. The third-order valence-corrected chi connectivity index (χ3v) is 4.60. The van der Waals surface area contributed by atoms with E-state index in [2.05, 4.69) is 29.4 Å². The monoisotopic (exact) mass is 384 g/mol. The van der Waals surface area contributed by atoms with E-state index in [4.69, 9.17) is 0 Å². The van der Waals surface area contributed by atoms with Gasteiger partial charge in [0.15, 0.2) is 6.29 Å². The summed E-state index contributed by atoms with van der Waals surface area (Å²) < 4.78 is 1.73. The second kappa shape index (κ2) is 11.0. The van der Waals surface area contributed by atoms with Crippen LogP contribution in [0.3, 0.4) is 0 Å². The number of aromatic nitrogens is 1. The van der Waals surface area contributed by atoms with Crippen molar-refractivity contribution < 1.29 is 14.4 Å². The van der Waals surface area contributed by atoms with Crippen molar-refractivity contribution in [3.05, 3.63) is 53.9 Å². The van der Waals surface area contributed by atoms with E-state index in [0.29, 0.717) is 30.0 Å². The quantitative estimate of drug-likeness (QED) is 0.583. The summed E-state index contributed by atoms with van der Waals surface area (Å²) in [7, 11) is 0. The Bertz CT molecular complexity index is 779. The molecule has 2 N–H and O–H groups in total. The van der Waals surface area contributed by atoms with Gasteiger partial charge < -0.3 is 20.1 Å². The fraction of sp³-hybridized carbons (Fsp3) is 0.381. The fourth-order valence-electron chi connectivity index (χ4n) is 2.86. The summed E-state index contributed by atoms with van der Waals surface area (Å²) in [6.45, 7) is 7.96. The second-order valence-corrected chi connectivity index (χ2v) is 6.40. The minimum Gasteiger partial charge on any atom is -0.351 e. The van der Waals surface area contributed by atoms with Crippen LogP contribution in [0.4, 0.5) is 5.69 Å². The van der Waals surface area contributed by atoms with Gasteiger partial charge >= 0.3 is 0 Å². The first-order valence-electron chi connectivity index (χ1n) is 9.58. The Morgan fingerprint density at radius 2 is 1.82 bits per heavy atom. The molecule has 0 unspecified atom stereocenters. The lowest BCUT2D eigenvalue weighted by Gasteiger charge is -2.18. The molecule has 1 heterocycles. The Morgan fingerprint density at radius 3 is 2.46 bits per heavy atom. The summed E-state index contributed by atoms with van der Waals surface area (Å²) in [6.07, 6.45) is 2.79. The molecule has 7 heteroatoms. The van der Waals surface area contributed by atoms with E-state index >= 15 is 0 Å². The normalized spacial score (nSPS) is 10.7. The molecule has 0 bridgehead atoms. The van der Waals surface area contributed by atoms with Crippen LogP contribution in [0.2, 0.25) is 0 Å². The molecular formula is C21H28N4O3. The Hall–Kier alpha value is -2.93. The lowest BCUT2D eigenvalue weighted by atomic mass is 10.2. The standard InChI is InChI=1S/C21H28N4O3/c1-3-24(4-2)15-12-22-21(28)17-7-9-18(10-8-17)23-20(27)11-14-25-13-5-6-19(25)16-26/h5-10,13,16H,3-4,11-12,14-15H2,1-2H3,(H,22,28)(H,23,27). The number of rotatable bonds is 11. The molecule has 0 saturated carbocycles. The molecule has 2 amide bonds. The minimum absolute atomic E-state index is 0.126. The largest absolute Gasteiger partial charge is 0.351 e. The van der Waals surface area contributed by atoms with Crippen LogP contribution in [0.1, 0.15) is 41.1 Å². The lowest BCUT2D eigenvalue weighted by molar-refractivity contribution is -0.116. The molecule has 2 aromatic rings. The summed E-state index contributed by atoms with van der Waals surface area (Å²) in [5, 5.41) is 5.71. The summed E-state index contributed by atoms with van der Waals surface area (Å²) in [6, 6.07) is 10.3. The molecule has 0 radical (unpaired) electrons. The van der Waals surface area contributed by atoms with Crippen molar-refractivity contribution in [1.82, 2.24) is 14.8 Å². The zero-order valence-electron chi connectivity index (χ0n) is 16.5. The van der Waals surface area contributed by atoms with Gasteiger partial charge in [-0.2, -0.15) is 0 Å². The van der Waals surface area contributed by atoms with Crippen molar-refractivity contribution >= 4 is 23.8 Å². The van der Waals surface area contributed by atoms with E-state index < -0.39 is 0 Å².